The highest BCUT2D eigenvalue weighted by Crippen LogP contribution is 2.25. The van der Waals surface area contributed by atoms with Crippen LogP contribution in [-0.4, -0.2) is 27.4 Å². The number of hydrogen-bond donors (Lipinski definition) is 1. The van der Waals surface area contributed by atoms with Crippen LogP contribution in [0.3, 0.4) is 0 Å². The summed E-state index contributed by atoms with van der Waals surface area (Å²) in [6.45, 7) is 4.11. The number of halogens is 1. The van der Waals surface area contributed by atoms with Gasteiger partial charge in [0.2, 0.25) is 5.91 Å². The van der Waals surface area contributed by atoms with E-state index in [9.17, 15) is 13.2 Å². The average Bonchev–Trinajstić information content (AvgIpc) is 2.87. The molecule has 0 bridgehead atoms. The van der Waals surface area contributed by atoms with Crippen molar-refractivity contribution in [2.24, 2.45) is 5.92 Å². The first-order valence-corrected chi connectivity index (χ1v) is 13.6. The molecule has 0 saturated heterocycles. The third kappa shape index (κ3) is 6.07. The van der Waals surface area contributed by atoms with Crippen LogP contribution in [0, 0.1) is 12.8 Å². The number of nitrogens with zero attached hydrogens (tertiary/aromatic N) is 1. The minimum Gasteiger partial charge on any atom is -0.354 e. The molecule has 0 aromatic heterocycles. The molecule has 0 aliphatic carbocycles. The van der Waals surface area contributed by atoms with Gasteiger partial charge in [0.1, 0.15) is 6.54 Å². The Balaban J connectivity index is 1.47. The van der Waals surface area contributed by atoms with E-state index in [1.165, 1.54) is 40.6 Å². The van der Waals surface area contributed by atoms with Gasteiger partial charge in [0, 0.05) is 11.6 Å². The van der Waals surface area contributed by atoms with Gasteiger partial charge >= 0.3 is 0 Å². The van der Waals surface area contributed by atoms with Crippen LogP contribution in [0.4, 0.5) is 5.69 Å². The van der Waals surface area contributed by atoms with Crippen molar-refractivity contribution in [2.45, 2.75) is 25.2 Å². The summed E-state index contributed by atoms with van der Waals surface area (Å²) < 4.78 is 28.1. The number of fused-ring (bicyclic) bond motifs is 1. The quantitative estimate of drug-likeness (QED) is 0.294. The Bertz CT molecular complexity index is 1450. The lowest BCUT2D eigenvalue weighted by Crippen LogP contribution is -2.42. The largest absolute Gasteiger partial charge is 0.354 e. The summed E-state index contributed by atoms with van der Waals surface area (Å²) >= 11 is 5.95. The van der Waals surface area contributed by atoms with E-state index in [1.54, 1.807) is 12.1 Å². The lowest BCUT2D eigenvalue weighted by atomic mass is 9.96. The van der Waals surface area contributed by atoms with Crippen molar-refractivity contribution in [3.05, 3.63) is 107 Å². The van der Waals surface area contributed by atoms with E-state index in [2.05, 4.69) is 36.5 Å². The highest BCUT2D eigenvalue weighted by atomic mass is 35.5. The summed E-state index contributed by atoms with van der Waals surface area (Å²) in [6.07, 6.45) is 0.798. The molecule has 1 atom stereocenters. The third-order valence-electron chi connectivity index (χ3n) is 6.11. The highest BCUT2D eigenvalue weighted by molar-refractivity contribution is 7.92. The maximum atomic E-state index is 13.5. The van der Waals surface area contributed by atoms with Crippen LogP contribution >= 0.6 is 11.6 Å². The molecular weight excluding hydrogens is 492 g/mol. The van der Waals surface area contributed by atoms with Crippen molar-refractivity contribution in [3.8, 4) is 0 Å². The molecule has 1 unspecified atom stereocenters. The second kappa shape index (κ2) is 11.1. The van der Waals surface area contributed by atoms with Crippen molar-refractivity contribution < 1.29 is 13.2 Å². The molecule has 0 saturated carbocycles. The molecule has 0 fully saturated rings. The predicted octanol–water partition coefficient (Wildman–Crippen LogP) is 5.99. The van der Waals surface area contributed by atoms with Gasteiger partial charge in [-0.15, -0.1) is 0 Å². The monoisotopic (exact) mass is 520 g/mol. The molecule has 36 heavy (non-hydrogen) atoms. The van der Waals surface area contributed by atoms with E-state index in [4.69, 9.17) is 11.6 Å². The Morgan fingerprint density at radius 3 is 2.31 bits per heavy atom. The van der Waals surface area contributed by atoms with E-state index < -0.39 is 10.0 Å². The van der Waals surface area contributed by atoms with E-state index in [-0.39, 0.29) is 23.3 Å². The first-order valence-electron chi connectivity index (χ1n) is 11.8. The molecule has 1 N–H and O–H groups in total. The molecule has 186 valence electrons. The zero-order valence-corrected chi connectivity index (χ0v) is 21.9. The number of amides is 1. The van der Waals surface area contributed by atoms with Crippen LogP contribution in [0.1, 0.15) is 18.1 Å². The zero-order valence-electron chi connectivity index (χ0n) is 20.3. The van der Waals surface area contributed by atoms with Gasteiger partial charge in [-0.2, -0.15) is 0 Å². The van der Waals surface area contributed by atoms with Gasteiger partial charge in [0.25, 0.3) is 10.0 Å². The summed E-state index contributed by atoms with van der Waals surface area (Å²) in [5.74, 6) is -0.196. The molecule has 0 heterocycles. The number of anilines is 1. The highest BCUT2D eigenvalue weighted by Gasteiger charge is 2.27. The second-order valence-electron chi connectivity index (χ2n) is 9.05. The van der Waals surface area contributed by atoms with E-state index in [0.717, 1.165) is 16.3 Å². The number of rotatable bonds is 9. The van der Waals surface area contributed by atoms with E-state index in [0.29, 0.717) is 17.3 Å². The Labute approximate surface area is 217 Å². The fraction of sp³-hybridized carbons (Fsp3) is 0.207. The molecule has 4 aromatic carbocycles. The molecular formula is C29H29ClN2O3S. The maximum Gasteiger partial charge on any atom is 0.264 e. The van der Waals surface area contributed by atoms with Crippen LogP contribution in [0.5, 0.6) is 0 Å². The topological polar surface area (TPSA) is 66.5 Å². The molecule has 1 amide bonds. The van der Waals surface area contributed by atoms with Crippen molar-refractivity contribution in [1.82, 2.24) is 5.32 Å². The Kier molecular flexibility index (Phi) is 7.97. The number of carbonyl (C=O) groups is 1. The summed E-state index contributed by atoms with van der Waals surface area (Å²) in [4.78, 5) is 13.0. The number of hydrogen-bond acceptors (Lipinski definition) is 3. The molecule has 0 aliphatic rings. The third-order valence-corrected chi connectivity index (χ3v) is 8.15. The minimum absolute atomic E-state index is 0.0737. The van der Waals surface area contributed by atoms with Crippen molar-refractivity contribution >= 4 is 44.0 Å². The van der Waals surface area contributed by atoms with E-state index >= 15 is 0 Å². The Hall–Kier alpha value is -3.35. The number of nitrogens with one attached hydrogen (secondary N) is 1. The van der Waals surface area contributed by atoms with Gasteiger partial charge in [0.05, 0.1) is 10.6 Å². The number of aryl methyl sites for hydroxylation is 1. The SMILES string of the molecule is Cc1ccc(N(CC(=O)NCC(C)Cc2cccc3ccccc23)S(=O)(=O)c2ccc(Cl)cc2)cc1. The zero-order chi connectivity index (χ0) is 25.7. The molecule has 0 spiro atoms. The van der Waals surface area contributed by atoms with Gasteiger partial charge in [0.15, 0.2) is 0 Å². The van der Waals surface area contributed by atoms with Crippen LogP contribution < -0.4 is 9.62 Å². The molecule has 5 nitrogen and oxygen atoms in total. The molecule has 4 aromatic rings. The predicted molar refractivity (Wildman–Crippen MR) is 147 cm³/mol. The Morgan fingerprint density at radius 1 is 0.917 bits per heavy atom. The minimum atomic E-state index is -3.98. The van der Waals surface area contributed by atoms with Gasteiger partial charge < -0.3 is 5.32 Å². The van der Waals surface area contributed by atoms with Crippen LogP contribution in [0.2, 0.25) is 5.02 Å². The normalized spacial score (nSPS) is 12.3. The standard InChI is InChI=1S/C29H29ClN2O3S/c1-21-10-14-26(15-11-21)32(36(34,35)27-16-12-25(30)13-17-27)20-29(33)31-19-22(2)18-24-8-5-7-23-6-3-4-9-28(23)24/h3-17,22H,18-20H2,1-2H3,(H,31,33). The summed E-state index contributed by atoms with van der Waals surface area (Å²) in [6, 6.07) is 27.5. The molecule has 0 radical (unpaired) electrons. The lowest BCUT2D eigenvalue weighted by Gasteiger charge is -2.24. The first-order chi connectivity index (χ1) is 17.2. The smallest absolute Gasteiger partial charge is 0.264 e. The fourth-order valence-electron chi connectivity index (χ4n) is 4.15. The Morgan fingerprint density at radius 2 is 1.58 bits per heavy atom. The average molecular weight is 521 g/mol. The molecule has 7 heteroatoms. The van der Waals surface area contributed by atoms with Crippen molar-refractivity contribution in [3.63, 3.8) is 0 Å². The number of benzene rings is 4. The first kappa shape index (κ1) is 25.7. The van der Waals surface area contributed by atoms with Gasteiger partial charge in [-0.25, -0.2) is 8.42 Å². The number of sulfonamides is 1. The summed E-state index contributed by atoms with van der Waals surface area (Å²) in [5.41, 5.74) is 2.64. The van der Waals surface area contributed by atoms with E-state index in [1.807, 2.05) is 37.3 Å². The molecule has 4 rings (SSSR count). The summed E-state index contributed by atoms with van der Waals surface area (Å²) in [7, 11) is -3.98. The summed E-state index contributed by atoms with van der Waals surface area (Å²) in [5, 5.41) is 5.76. The van der Waals surface area contributed by atoms with Gasteiger partial charge in [-0.1, -0.05) is 78.7 Å². The van der Waals surface area contributed by atoms with Crippen LogP contribution in [-0.2, 0) is 21.2 Å². The van der Waals surface area contributed by atoms with Gasteiger partial charge in [-0.3, -0.25) is 9.10 Å². The van der Waals surface area contributed by atoms with Crippen LogP contribution in [0.25, 0.3) is 10.8 Å². The van der Waals surface area contributed by atoms with Crippen LogP contribution in [0.15, 0.2) is 95.9 Å². The van der Waals surface area contributed by atoms with Gasteiger partial charge in [-0.05, 0) is 72.0 Å². The second-order valence-corrected chi connectivity index (χ2v) is 11.4. The van der Waals surface area contributed by atoms with Crippen molar-refractivity contribution in [2.75, 3.05) is 17.4 Å². The fourth-order valence-corrected chi connectivity index (χ4v) is 5.70. The lowest BCUT2D eigenvalue weighted by molar-refractivity contribution is -0.119. The maximum absolute atomic E-state index is 13.5. The van der Waals surface area contributed by atoms with Crippen molar-refractivity contribution in [1.29, 1.82) is 0 Å². The number of carbonyl (C=O) groups excluding carboxylic acids is 1. The molecule has 0 aliphatic heterocycles.